The van der Waals surface area contributed by atoms with Crippen molar-refractivity contribution in [3.05, 3.63) is 53.1 Å². The molecule has 0 aliphatic heterocycles. The highest BCUT2D eigenvalue weighted by Gasteiger charge is 2.32. The van der Waals surface area contributed by atoms with Crippen molar-refractivity contribution in [1.29, 1.82) is 0 Å². The summed E-state index contributed by atoms with van der Waals surface area (Å²) in [6.45, 7) is 8.68. The second-order valence-electron chi connectivity index (χ2n) is 11.8. The van der Waals surface area contributed by atoms with Gasteiger partial charge >= 0.3 is 5.97 Å². The standard InChI is InChI=1S/C33H41NO6/c1-19(2)23-14-13-20(3)15-30(23)40-18-22(35)10-8-12-28(36)31-25-16-26(33(38)39)29(37)17-27(25)34(5)32(31)24-11-7-6-9-21(24)4/h6-7,9,11,16-17,19-20,23,30,37H,8,10,12-15,18H2,1-5H3,(H,38,39)/t20-,23+,30-/m0/s1. The van der Waals surface area contributed by atoms with Crippen molar-refractivity contribution in [2.75, 3.05) is 6.61 Å². The predicted molar refractivity (Wildman–Crippen MR) is 156 cm³/mol. The summed E-state index contributed by atoms with van der Waals surface area (Å²) >= 11 is 0. The van der Waals surface area contributed by atoms with Crippen molar-refractivity contribution in [3.63, 3.8) is 0 Å². The number of nitrogens with zero attached hydrogens (tertiary/aromatic N) is 1. The first-order valence-corrected chi connectivity index (χ1v) is 14.3. The molecule has 0 unspecified atom stereocenters. The molecule has 2 aromatic carbocycles. The number of hydrogen-bond acceptors (Lipinski definition) is 5. The molecule has 1 aromatic heterocycles. The van der Waals surface area contributed by atoms with Crippen LogP contribution < -0.4 is 0 Å². The number of carbonyl (C=O) groups is 3. The van der Waals surface area contributed by atoms with Crippen molar-refractivity contribution in [1.82, 2.24) is 4.57 Å². The molecule has 1 aliphatic rings. The third kappa shape index (κ3) is 6.15. The lowest BCUT2D eigenvalue weighted by atomic mass is 9.75. The van der Waals surface area contributed by atoms with Gasteiger partial charge < -0.3 is 19.5 Å². The Kier molecular flexibility index (Phi) is 9.14. The molecule has 1 aliphatic carbocycles. The number of carbonyl (C=O) groups excluding carboxylic acids is 2. The van der Waals surface area contributed by atoms with Gasteiger partial charge in [0.15, 0.2) is 11.6 Å². The van der Waals surface area contributed by atoms with Gasteiger partial charge in [0.2, 0.25) is 0 Å². The molecule has 3 atom stereocenters. The maximum Gasteiger partial charge on any atom is 0.339 e. The van der Waals surface area contributed by atoms with Crippen molar-refractivity contribution in [2.24, 2.45) is 24.8 Å². The molecule has 0 saturated heterocycles. The summed E-state index contributed by atoms with van der Waals surface area (Å²) in [6, 6.07) is 10.5. The van der Waals surface area contributed by atoms with E-state index in [1.165, 1.54) is 18.6 Å². The minimum atomic E-state index is -1.27. The molecule has 7 heteroatoms. The number of aryl methyl sites for hydroxylation is 2. The van der Waals surface area contributed by atoms with Gasteiger partial charge in [-0.05, 0) is 55.6 Å². The van der Waals surface area contributed by atoms with E-state index >= 15 is 0 Å². The van der Waals surface area contributed by atoms with Crippen LogP contribution >= 0.6 is 0 Å². The molecule has 0 amide bonds. The number of hydrogen-bond donors (Lipinski definition) is 2. The highest BCUT2D eigenvalue weighted by Crippen LogP contribution is 2.39. The van der Waals surface area contributed by atoms with Gasteiger partial charge in [-0.25, -0.2) is 4.79 Å². The zero-order valence-corrected chi connectivity index (χ0v) is 24.2. The number of benzene rings is 2. The highest BCUT2D eigenvalue weighted by molar-refractivity contribution is 6.15. The molecule has 1 saturated carbocycles. The number of rotatable bonds is 11. The molecule has 7 nitrogen and oxygen atoms in total. The normalized spacial score (nSPS) is 19.3. The summed E-state index contributed by atoms with van der Waals surface area (Å²) in [5.74, 6) is -0.224. The third-order valence-electron chi connectivity index (χ3n) is 8.51. The Hall–Kier alpha value is -3.45. The molecule has 3 aromatic rings. The maximum absolute atomic E-state index is 13.7. The smallest absolute Gasteiger partial charge is 0.339 e. The fourth-order valence-corrected chi connectivity index (χ4v) is 6.23. The van der Waals surface area contributed by atoms with E-state index in [9.17, 15) is 24.6 Å². The number of fused-ring (bicyclic) bond motifs is 1. The monoisotopic (exact) mass is 547 g/mol. The average molecular weight is 548 g/mol. The summed E-state index contributed by atoms with van der Waals surface area (Å²) in [6.07, 6.45) is 4.16. The molecular weight excluding hydrogens is 506 g/mol. The van der Waals surface area contributed by atoms with E-state index < -0.39 is 5.97 Å². The Bertz CT molecular complexity index is 1420. The zero-order chi connectivity index (χ0) is 29.1. The van der Waals surface area contributed by atoms with Crippen LogP contribution in [0.2, 0.25) is 0 Å². The average Bonchev–Trinajstić information content (AvgIpc) is 3.18. The van der Waals surface area contributed by atoms with Crippen LogP contribution in [0.3, 0.4) is 0 Å². The van der Waals surface area contributed by atoms with Crippen LogP contribution in [-0.2, 0) is 16.6 Å². The van der Waals surface area contributed by atoms with Crippen LogP contribution in [0, 0.1) is 24.7 Å². The highest BCUT2D eigenvalue weighted by atomic mass is 16.5. The Balaban J connectivity index is 1.53. The van der Waals surface area contributed by atoms with Gasteiger partial charge in [-0.15, -0.1) is 0 Å². The molecule has 40 heavy (non-hydrogen) atoms. The Morgan fingerprint density at radius 3 is 2.50 bits per heavy atom. The number of aromatic carboxylic acids is 1. The molecule has 1 heterocycles. The van der Waals surface area contributed by atoms with Gasteiger partial charge in [-0.2, -0.15) is 0 Å². The minimum Gasteiger partial charge on any atom is -0.507 e. The SMILES string of the molecule is Cc1ccccc1-c1c(C(=O)CCCC(=O)CO[C@H]2C[C@@H](C)CC[C@@H]2C(C)C)c2cc(C(=O)O)c(O)cc2n1C. The molecular formula is C33H41NO6. The van der Waals surface area contributed by atoms with Crippen molar-refractivity contribution in [3.8, 4) is 17.0 Å². The summed E-state index contributed by atoms with van der Waals surface area (Å²) in [7, 11) is 1.80. The summed E-state index contributed by atoms with van der Waals surface area (Å²) < 4.78 is 7.94. The van der Waals surface area contributed by atoms with Crippen LogP contribution in [0.1, 0.15) is 85.6 Å². The lowest BCUT2D eigenvalue weighted by Crippen LogP contribution is -2.35. The Morgan fingerprint density at radius 1 is 1.10 bits per heavy atom. The third-order valence-corrected chi connectivity index (χ3v) is 8.51. The minimum absolute atomic E-state index is 0.0105. The number of aromatic hydroxyl groups is 1. The van der Waals surface area contributed by atoms with Gasteiger partial charge in [0.25, 0.3) is 0 Å². The van der Waals surface area contributed by atoms with Gasteiger partial charge in [-0.3, -0.25) is 9.59 Å². The lowest BCUT2D eigenvalue weighted by molar-refractivity contribution is -0.129. The van der Waals surface area contributed by atoms with Crippen molar-refractivity contribution >= 4 is 28.4 Å². The van der Waals surface area contributed by atoms with E-state index in [0.717, 1.165) is 24.0 Å². The van der Waals surface area contributed by atoms with E-state index in [1.807, 2.05) is 35.8 Å². The van der Waals surface area contributed by atoms with E-state index in [2.05, 4.69) is 20.8 Å². The molecule has 0 radical (unpaired) electrons. The van der Waals surface area contributed by atoms with Gasteiger partial charge in [0, 0.05) is 36.9 Å². The molecule has 2 N–H and O–H groups in total. The number of Topliss-reactive ketones (excluding diaryl/α,β-unsaturated/α-hetero) is 2. The van der Waals surface area contributed by atoms with Crippen LogP contribution in [0.5, 0.6) is 5.75 Å². The second kappa shape index (κ2) is 12.4. The Morgan fingerprint density at radius 2 is 1.82 bits per heavy atom. The van der Waals surface area contributed by atoms with Gasteiger partial charge in [0.05, 0.1) is 22.9 Å². The number of ketones is 2. The van der Waals surface area contributed by atoms with Crippen LogP contribution in [0.4, 0.5) is 0 Å². The zero-order valence-electron chi connectivity index (χ0n) is 24.2. The summed E-state index contributed by atoms with van der Waals surface area (Å²) in [5.41, 5.74) is 3.21. The lowest BCUT2D eigenvalue weighted by Gasteiger charge is -2.37. The number of ether oxygens (including phenoxy) is 1. The van der Waals surface area contributed by atoms with E-state index in [4.69, 9.17) is 4.74 Å². The van der Waals surface area contributed by atoms with Crippen LogP contribution in [0.15, 0.2) is 36.4 Å². The largest absolute Gasteiger partial charge is 0.507 e. The summed E-state index contributed by atoms with van der Waals surface area (Å²) in [4.78, 5) is 38.2. The molecule has 1 fully saturated rings. The molecule has 4 rings (SSSR count). The van der Waals surface area contributed by atoms with E-state index in [0.29, 0.717) is 46.3 Å². The van der Waals surface area contributed by atoms with Crippen LogP contribution in [0.25, 0.3) is 22.2 Å². The van der Waals surface area contributed by atoms with Crippen molar-refractivity contribution < 1.29 is 29.3 Å². The van der Waals surface area contributed by atoms with Crippen LogP contribution in [-0.4, -0.2) is 45.0 Å². The number of phenols is 1. The first-order valence-electron chi connectivity index (χ1n) is 14.3. The number of carboxylic acids is 1. The first kappa shape index (κ1) is 29.5. The maximum atomic E-state index is 13.7. The fraction of sp³-hybridized carbons (Fsp3) is 0.485. The Labute approximate surface area is 236 Å². The topological polar surface area (TPSA) is 106 Å². The van der Waals surface area contributed by atoms with Gasteiger partial charge in [-0.1, -0.05) is 51.5 Å². The second-order valence-corrected chi connectivity index (χ2v) is 11.8. The molecule has 214 valence electrons. The fourth-order valence-electron chi connectivity index (χ4n) is 6.23. The van der Waals surface area contributed by atoms with E-state index in [1.54, 1.807) is 7.05 Å². The van der Waals surface area contributed by atoms with Gasteiger partial charge in [0.1, 0.15) is 17.9 Å². The molecule has 0 bridgehead atoms. The number of carboxylic acid groups (broad SMARTS) is 1. The van der Waals surface area contributed by atoms with E-state index in [-0.39, 0.29) is 48.4 Å². The predicted octanol–water partition coefficient (Wildman–Crippen LogP) is 6.96. The first-order chi connectivity index (χ1) is 19.0. The van der Waals surface area contributed by atoms with Crippen molar-refractivity contribution in [2.45, 2.75) is 72.3 Å². The number of aromatic nitrogens is 1. The summed E-state index contributed by atoms with van der Waals surface area (Å²) in [5, 5.41) is 20.4. The quantitative estimate of drug-likeness (QED) is 0.252. The molecule has 0 spiro atoms.